The summed E-state index contributed by atoms with van der Waals surface area (Å²) in [4.78, 5) is 66.6. The Morgan fingerprint density at radius 1 is 1.04 bits per heavy atom. The van der Waals surface area contributed by atoms with Crippen LogP contribution in [0.15, 0.2) is 23.6 Å². The number of aromatic nitrogens is 1. The van der Waals surface area contributed by atoms with Crippen molar-refractivity contribution >= 4 is 41.0 Å². The third kappa shape index (κ3) is 16.7. The minimum Gasteiger partial charge on any atom is -0.469 e. The van der Waals surface area contributed by atoms with Gasteiger partial charge in [0.25, 0.3) is 5.91 Å². The Kier molecular flexibility index (Phi) is 19.6. The molecule has 1 heterocycles. The average Bonchev–Trinajstić information content (AvgIpc) is 3.81. The maximum absolute atomic E-state index is 13.8. The molecule has 0 saturated heterocycles. The molecule has 1 fully saturated rings. The number of carbonyl (C=O) groups excluding carboxylic acids is 5. The van der Waals surface area contributed by atoms with Crippen molar-refractivity contribution in [3.63, 3.8) is 0 Å². The van der Waals surface area contributed by atoms with Gasteiger partial charge < -0.3 is 30.7 Å². The molecule has 1 aromatic heterocycles. The first kappa shape index (κ1) is 45.2. The van der Waals surface area contributed by atoms with Gasteiger partial charge in [0.2, 0.25) is 11.8 Å². The number of primary amides is 1. The number of nitrogens with one attached hydrogen (secondary N) is 2. The van der Waals surface area contributed by atoms with Gasteiger partial charge in [0.05, 0.1) is 13.0 Å². The molecule has 4 unspecified atom stereocenters. The lowest BCUT2D eigenvalue weighted by molar-refractivity contribution is -0.148. The summed E-state index contributed by atoms with van der Waals surface area (Å²) in [6, 6.07) is 2.21. The monoisotopic (exact) mass is 765 g/mol. The van der Waals surface area contributed by atoms with Crippen molar-refractivity contribution < 1.29 is 42.2 Å². The standard InChI is InChI=1S/C30H39F2N3O6S.C8H18N2O/c1-16(2)25(35(5)29(38)20-7-8-20)14-26(41-18(4)36)28-34-24(15-42-28)27(37)33-23(9-17(3)30(39)40-6)12-19-10-21(31)13-22(32)11-19;1-2-10-7-5-3-4-6-8(9)11/h10-11,13,15-17,20,23,25-26H,7-9,12,14H2,1-6H3,(H,33,37);10H,2-7H2,1H3,(H2,9,11). The van der Waals surface area contributed by atoms with Gasteiger partial charge in [0, 0.05) is 56.3 Å². The van der Waals surface area contributed by atoms with Crippen LogP contribution in [0.1, 0.15) is 113 Å². The molecule has 15 heteroatoms. The minimum atomic E-state index is -0.777. The quantitative estimate of drug-likeness (QED) is 0.110. The SMILES string of the molecule is CCNCCCCCC(N)=O.COC(=O)C(C)CC(Cc1cc(F)cc(F)c1)NC(=O)c1csc(C(CC(C(C)C)N(C)C(=O)C2CC2)OC(C)=O)n1. The highest BCUT2D eigenvalue weighted by molar-refractivity contribution is 7.09. The first-order chi connectivity index (χ1) is 25.1. The van der Waals surface area contributed by atoms with E-state index >= 15 is 0 Å². The van der Waals surface area contributed by atoms with Crippen LogP contribution in [0.4, 0.5) is 8.78 Å². The molecule has 4 N–H and O–H groups in total. The summed E-state index contributed by atoms with van der Waals surface area (Å²) in [5.74, 6) is -3.65. The topological polar surface area (TPSA) is 170 Å². The van der Waals surface area contributed by atoms with E-state index in [1.165, 1.54) is 31.5 Å². The lowest BCUT2D eigenvalue weighted by Gasteiger charge is -2.33. The van der Waals surface area contributed by atoms with E-state index in [4.69, 9.17) is 15.2 Å². The molecule has 1 aromatic carbocycles. The number of hydrogen-bond donors (Lipinski definition) is 3. The Bertz CT molecular complexity index is 1480. The van der Waals surface area contributed by atoms with Crippen molar-refractivity contribution in [2.75, 3.05) is 27.2 Å². The lowest BCUT2D eigenvalue weighted by atomic mass is 9.95. The predicted molar refractivity (Wildman–Crippen MR) is 199 cm³/mol. The van der Waals surface area contributed by atoms with Crippen molar-refractivity contribution in [2.24, 2.45) is 23.5 Å². The van der Waals surface area contributed by atoms with Gasteiger partial charge in [-0.1, -0.05) is 34.1 Å². The second-order valence-corrected chi connectivity index (χ2v) is 14.8. The number of amides is 3. The number of carbonyl (C=O) groups is 5. The summed E-state index contributed by atoms with van der Waals surface area (Å²) < 4.78 is 38.1. The smallest absolute Gasteiger partial charge is 0.308 e. The first-order valence-corrected chi connectivity index (χ1v) is 19.2. The van der Waals surface area contributed by atoms with E-state index in [2.05, 4.69) is 22.5 Å². The predicted octanol–water partition coefficient (Wildman–Crippen LogP) is 5.49. The number of hydrogen-bond acceptors (Lipinski definition) is 10. The second kappa shape index (κ2) is 22.9. The molecule has 53 heavy (non-hydrogen) atoms. The number of nitrogens with two attached hydrogens (primary N) is 1. The number of unbranched alkanes of at least 4 members (excludes halogenated alkanes) is 2. The summed E-state index contributed by atoms with van der Waals surface area (Å²) in [7, 11) is 3.02. The number of methoxy groups -OCH3 is 1. The summed E-state index contributed by atoms with van der Waals surface area (Å²) >= 11 is 1.15. The van der Waals surface area contributed by atoms with Crippen LogP contribution in [0.2, 0.25) is 0 Å². The second-order valence-electron chi connectivity index (χ2n) is 13.9. The summed E-state index contributed by atoms with van der Waals surface area (Å²) in [5.41, 5.74) is 5.36. The number of nitrogens with zero attached hydrogens (tertiary/aromatic N) is 2. The molecular weight excluding hydrogens is 709 g/mol. The number of thiazole rings is 1. The Hall–Kier alpha value is -3.98. The van der Waals surface area contributed by atoms with Crippen LogP contribution < -0.4 is 16.4 Å². The third-order valence-electron chi connectivity index (χ3n) is 8.84. The van der Waals surface area contributed by atoms with E-state index in [1.807, 2.05) is 13.8 Å². The fraction of sp³-hybridized carbons (Fsp3) is 0.632. The molecule has 3 rings (SSSR count). The largest absolute Gasteiger partial charge is 0.469 e. The van der Waals surface area contributed by atoms with Crippen molar-refractivity contribution in [3.05, 3.63) is 51.5 Å². The van der Waals surface area contributed by atoms with Crippen LogP contribution in [0.5, 0.6) is 0 Å². The molecule has 1 aliphatic carbocycles. The van der Waals surface area contributed by atoms with Gasteiger partial charge in [-0.15, -0.1) is 11.3 Å². The van der Waals surface area contributed by atoms with Crippen LogP contribution in [0.25, 0.3) is 0 Å². The van der Waals surface area contributed by atoms with E-state index in [9.17, 15) is 32.8 Å². The number of benzene rings is 1. The number of ether oxygens (including phenoxy) is 2. The fourth-order valence-electron chi connectivity index (χ4n) is 5.91. The molecule has 0 radical (unpaired) electrons. The zero-order chi connectivity index (χ0) is 39.7. The zero-order valence-electron chi connectivity index (χ0n) is 32.0. The molecular formula is C38H57F2N5O7S. The molecule has 2 aromatic rings. The van der Waals surface area contributed by atoms with Crippen LogP contribution in [0, 0.1) is 29.4 Å². The highest BCUT2D eigenvalue weighted by atomic mass is 32.1. The molecule has 296 valence electrons. The Morgan fingerprint density at radius 3 is 2.25 bits per heavy atom. The lowest BCUT2D eigenvalue weighted by Crippen LogP contribution is -2.42. The van der Waals surface area contributed by atoms with Gasteiger partial charge in [-0.05, 0) is 75.2 Å². The van der Waals surface area contributed by atoms with Gasteiger partial charge in [0.15, 0.2) is 6.10 Å². The van der Waals surface area contributed by atoms with Crippen LogP contribution in [-0.4, -0.2) is 78.9 Å². The molecule has 3 amide bonds. The molecule has 0 aliphatic heterocycles. The van der Waals surface area contributed by atoms with Crippen LogP contribution in [0.3, 0.4) is 0 Å². The number of esters is 2. The van der Waals surface area contributed by atoms with Gasteiger partial charge in [-0.2, -0.15) is 0 Å². The minimum absolute atomic E-state index is 0.0392. The summed E-state index contributed by atoms with van der Waals surface area (Å²) in [5, 5.41) is 7.99. The number of halogens is 2. The molecule has 12 nitrogen and oxygen atoms in total. The van der Waals surface area contributed by atoms with Gasteiger partial charge in [-0.3, -0.25) is 24.0 Å². The molecule has 0 spiro atoms. The van der Waals surface area contributed by atoms with Gasteiger partial charge in [-0.25, -0.2) is 13.8 Å². The first-order valence-electron chi connectivity index (χ1n) is 18.3. The highest BCUT2D eigenvalue weighted by Gasteiger charge is 2.37. The molecule has 1 aliphatic rings. The van der Waals surface area contributed by atoms with Crippen molar-refractivity contribution in [3.8, 4) is 0 Å². The van der Waals surface area contributed by atoms with Crippen LogP contribution >= 0.6 is 11.3 Å². The fourth-order valence-corrected chi connectivity index (χ4v) is 6.75. The van der Waals surface area contributed by atoms with Crippen molar-refractivity contribution in [1.82, 2.24) is 20.5 Å². The van der Waals surface area contributed by atoms with Crippen molar-refractivity contribution in [2.45, 2.75) is 111 Å². The highest BCUT2D eigenvalue weighted by Crippen LogP contribution is 2.35. The average molecular weight is 766 g/mol. The molecule has 4 atom stereocenters. The van der Waals surface area contributed by atoms with Crippen molar-refractivity contribution in [1.29, 1.82) is 0 Å². The van der Waals surface area contributed by atoms with E-state index in [1.54, 1.807) is 18.9 Å². The van der Waals surface area contributed by atoms with Crippen LogP contribution in [-0.2, 0) is 35.1 Å². The maximum Gasteiger partial charge on any atom is 0.308 e. The zero-order valence-corrected chi connectivity index (χ0v) is 32.9. The Labute approximate surface area is 315 Å². The van der Waals surface area contributed by atoms with E-state index in [0.29, 0.717) is 23.4 Å². The van der Waals surface area contributed by atoms with Gasteiger partial charge in [0.1, 0.15) is 22.3 Å². The molecule has 1 saturated carbocycles. The van der Waals surface area contributed by atoms with E-state index < -0.39 is 47.5 Å². The Morgan fingerprint density at radius 2 is 1.70 bits per heavy atom. The van der Waals surface area contributed by atoms with Gasteiger partial charge >= 0.3 is 11.9 Å². The Balaban J connectivity index is 0.000000763. The van der Waals surface area contributed by atoms with E-state index in [0.717, 1.165) is 62.6 Å². The molecule has 0 bridgehead atoms. The normalized spacial score (nSPS) is 14.6. The third-order valence-corrected chi connectivity index (χ3v) is 9.78. The maximum atomic E-state index is 13.8. The summed E-state index contributed by atoms with van der Waals surface area (Å²) in [6.07, 6.45) is 5.20. The van der Waals surface area contributed by atoms with E-state index in [-0.39, 0.29) is 48.2 Å². The number of rotatable bonds is 21. The summed E-state index contributed by atoms with van der Waals surface area (Å²) in [6.45, 7) is 11.1.